The molecular formula is C14H24N2. The average molecular weight is 220 g/mol. The Morgan fingerprint density at radius 1 is 1.38 bits per heavy atom. The Bertz CT molecular complexity index is 334. The van der Waals surface area contributed by atoms with Crippen molar-refractivity contribution >= 4 is 5.69 Å². The van der Waals surface area contributed by atoms with Gasteiger partial charge in [-0.15, -0.1) is 0 Å². The molecule has 0 heterocycles. The molecule has 0 aromatic heterocycles. The van der Waals surface area contributed by atoms with Crippen molar-refractivity contribution in [3.63, 3.8) is 0 Å². The summed E-state index contributed by atoms with van der Waals surface area (Å²) in [7, 11) is 2.15. The largest absolute Gasteiger partial charge is 0.374 e. The summed E-state index contributed by atoms with van der Waals surface area (Å²) in [5.41, 5.74) is 9.59. The molecule has 0 saturated heterocycles. The Kier molecular flexibility index (Phi) is 4.81. The first kappa shape index (κ1) is 13.0. The highest BCUT2D eigenvalue weighted by Crippen LogP contribution is 2.21. The molecule has 0 aliphatic heterocycles. The van der Waals surface area contributed by atoms with Crippen molar-refractivity contribution in [1.29, 1.82) is 0 Å². The van der Waals surface area contributed by atoms with Gasteiger partial charge in [-0.25, -0.2) is 0 Å². The van der Waals surface area contributed by atoms with Crippen molar-refractivity contribution in [2.24, 2.45) is 11.7 Å². The van der Waals surface area contributed by atoms with Crippen LogP contribution in [-0.4, -0.2) is 13.6 Å². The molecule has 0 bridgehead atoms. The van der Waals surface area contributed by atoms with Crippen molar-refractivity contribution < 1.29 is 0 Å². The number of hydrogen-bond acceptors (Lipinski definition) is 2. The monoisotopic (exact) mass is 220 g/mol. The van der Waals surface area contributed by atoms with Gasteiger partial charge in [-0.3, -0.25) is 0 Å². The molecule has 1 aromatic rings. The molecule has 0 aliphatic carbocycles. The number of anilines is 1. The summed E-state index contributed by atoms with van der Waals surface area (Å²) >= 11 is 0. The molecule has 1 aromatic carbocycles. The summed E-state index contributed by atoms with van der Waals surface area (Å²) in [6.07, 6.45) is 1.22. The highest BCUT2D eigenvalue weighted by atomic mass is 15.1. The lowest BCUT2D eigenvalue weighted by Crippen LogP contribution is -2.25. The zero-order chi connectivity index (χ0) is 12.1. The molecule has 2 N–H and O–H groups in total. The van der Waals surface area contributed by atoms with Gasteiger partial charge in [0.1, 0.15) is 0 Å². The zero-order valence-electron chi connectivity index (χ0n) is 11.0. The molecule has 1 rings (SSSR count). The summed E-state index contributed by atoms with van der Waals surface area (Å²) in [4.78, 5) is 2.32. The first-order valence-corrected chi connectivity index (χ1v) is 6.09. The molecule has 16 heavy (non-hydrogen) atoms. The van der Waals surface area contributed by atoms with Gasteiger partial charge in [0.2, 0.25) is 0 Å². The molecule has 0 aliphatic rings. The van der Waals surface area contributed by atoms with Crippen LogP contribution < -0.4 is 10.6 Å². The number of rotatable bonds is 5. The van der Waals surface area contributed by atoms with Gasteiger partial charge in [-0.1, -0.05) is 38.0 Å². The maximum atomic E-state index is 5.79. The SMILES string of the molecule is CCC(C)CN(C)c1ccc(C)cc1CN. The van der Waals surface area contributed by atoms with Crippen LogP contribution in [0.1, 0.15) is 31.4 Å². The highest BCUT2D eigenvalue weighted by molar-refractivity contribution is 5.54. The summed E-state index contributed by atoms with van der Waals surface area (Å²) in [6, 6.07) is 6.52. The molecule has 2 nitrogen and oxygen atoms in total. The molecule has 0 fully saturated rings. The first-order valence-electron chi connectivity index (χ1n) is 6.09. The molecule has 1 atom stereocenters. The van der Waals surface area contributed by atoms with E-state index in [9.17, 15) is 0 Å². The molecule has 0 amide bonds. The van der Waals surface area contributed by atoms with E-state index in [2.05, 4.69) is 50.9 Å². The van der Waals surface area contributed by atoms with E-state index in [0.29, 0.717) is 6.54 Å². The number of benzene rings is 1. The Morgan fingerprint density at radius 2 is 2.06 bits per heavy atom. The van der Waals surface area contributed by atoms with Crippen molar-refractivity contribution in [2.75, 3.05) is 18.5 Å². The molecule has 0 spiro atoms. The Balaban J connectivity index is 2.85. The number of aryl methyl sites for hydroxylation is 1. The van der Waals surface area contributed by atoms with Gasteiger partial charge in [-0.05, 0) is 24.5 Å². The highest BCUT2D eigenvalue weighted by Gasteiger charge is 2.09. The molecule has 1 unspecified atom stereocenters. The molecule has 90 valence electrons. The molecule has 2 heteroatoms. The van der Waals surface area contributed by atoms with Gasteiger partial charge in [0.15, 0.2) is 0 Å². The molecule has 0 radical (unpaired) electrons. The fourth-order valence-electron chi connectivity index (χ4n) is 1.95. The summed E-state index contributed by atoms with van der Waals surface area (Å²) < 4.78 is 0. The fraction of sp³-hybridized carbons (Fsp3) is 0.571. The smallest absolute Gasteiger partial charge is 0.0409 e. The zero-order valence-corrected chi connectivity index (χ0v) is 11.0. The maximum absolute atomic E-state index is 5.79. The second kappa shape index (κ2) is 5.90. The first-order chi connectivity index (χ1) is 7.58. The summed E-state index contributed by atoms with van der Waals surface area (Å²) in [6.45, 7) is 8.33. The lowest BCUT2D eigenvalue weighted by atomic mass is 10.1. The van der Waals surface area contributed by atoms with E-state index < -0.39 is 0 Å². The van der Waals surface area contributed by atoms with Crippen molar-refractivity contribution in [2.45, 2.75) is 33.7 Å². The minimum absolute atomic E-state index is 0.613. The maximum Gasteiger partial charge on any atom is 0.0409 e. The van der Waals surface area contributed by atoms with E-state index in [-0.39, 0.29) is 0 Å². The van der Waals surface area contributed by atoms with Crippen LogP contribution in [0.5, 0.6) is 0 Å². The average Bonchev–Trinajstić information content (AvgIpc) is 2.28. The standard InChI is InChI=1S/C14H24N2/c1-5-11(2)10-16(4)14-7-6-12(3)8-13(14)9-15/h6-8,11H,5,9-10,15H2,1-4H3. The van der Waals surface area contributed by atoms with Crippen LogP contribution in [0.15, 0.2) is 18.2 Å². The lowest BCUT2D eigenvalue weighted by molar-refractivity contribution is 0.559. The van der Waals surface area contributed by atoms with Gasteiger partial charge in [0.25, 0.3) is 0 Å². The fourth-order valence-corrected chi connectivity index (χ4v) is 1.95. The Hall–Kier alpha value is -1.02. The van der Waals surface area contributed by atoms with E-state index in [0.717, 1.165) is 12.5 Å². The Morgan fingerprint density at radius 3 is 2.62 bits per heavy atom. The normalized spacial score (nSPS) is 12.6. The van der Waals surface area contributed by atoms with E-state index >= 15 is 0 Å². The van der Waals surface area contributed by atoms with Crippen LogP contribution >= 0.6 is 0 Å². The van der Waals surface area contributed by atoms with Gasteiger partial charge >= 0.3 is 0 Å². The van der Waals surface area contributed by atoms with Crippen LogP contribution in [-0.2, 0) is 6.54 Å². The van der Waals surface area contributed by atoms with Crippen LogP contribution in [0.25, 0.3) is 0 Å². The molecule has 0 saturated carbocycles. The van der Waals surface area contributed by atoms with Crippen LogP contribution in [0.2, 0.25) is 0 Å². The van der Waals surface area contributed by atoms with E-state index in [1.807, 2.05) is 0 Å². The Labute approximate surface area is 99.5 Å². The number of nitrogens with two attached hydrogens (primary N) is 1. The predicted octanol–water partition coefficient (Wildman–Crippen LogP) is 2.94. The minimum atomic E-state index is 0.613. The molecular weight excluding hydrogens is 196 g/mol. The van der Waals surface area contributed by atoms with Crippen molar-refractivity contribution in [3.8, 4) is 0 Å². The van der Waals surface area contributed by atoms with Crippen molar-refractivity contribution in [1.82, 2.24) is 0 Å². The van der Waals surface area contributed by atoms with Gasteiger partial charge < -0.3 is 10.6 Å². The topological polar surface area (TPSA) is 29.3 Å². The second-order valence-corrected chi connectivity index (χ2v) is 4.73. The quantitative estimate of drug-likeness (QED) is 0.826. The van der Waals surface area contributed by atoms with Crippen LogP contribution in [0, 0.1) is 12.8 Å². The third kappa shape index (κ3) is 3.24. The van der Waals surface area contributed by atoms with Crippen LogP contribution in [0.4, 0.5) is 5.69 Å². The van der Waals surface area contributed by atoms with Gasteiger partial charge in [-0.2, -0.15) is 0 Å². The van der Waals surface area contributed by atoms with E-state index in [4.69, 9.17) is 5.73 Å². The van der Waals surface area contributed by atoms with Gasteiger partial charge in [0.05, 0.1) is 0 Å². The third-order valence-electron chi connectivity index (χ3n) is 3.15. The van der Waals surface area contributed by atoms with Crippen molar-refractivity contribution in [3.05, 3.63) is 29.3 Å². The number of hydrogen-bond donors (Lipinski definition) is 1. The third-order valence-corrected chi connectivity index (χ3v) is 3.15. The summed E-state index contributed by atoms with van der Waals surface area (Å²) in [5.74, 6) is 0.719. The summed E-state index contributed by atoms with van der Waals surface area (Å²) in [5, 5.41) is 0. The van der Waals surface area contributed by atoms with E-state index in [1.54, 1.807) is 0 Å². The lowest BCUT2D eigenvalue weighted by Gasteiger charge is -2.25. The van der Waals surface area contributed by atoms with Crippen LogP contribution in [0.3, 0.4) is 0 Å². The second-order valence-electron chi connectivity index (χ2n) is 4.73. The predicted molar refractivity (Wildman–Crippen MR) is 71.8 cm³/mol. The van der Waals surface area contributed by atoms with E-state index in [1.165, 1.54) is 23.2 Å². The minimum Gasteiger partial charge on any atom is -0.374 e. The number of nitrogens with zero attached hydrogens (tertiary/aromatic N) is 1. The van der Waals surface area contributed by atoms with Gasteiger partial charge in [0, 0.05) is 25.8 Å².